The van der Waals surface area contributed by atoms with Crippen LogP contribution in [0.15, 0.2) is 22.0 Å². The summed E-state index contributed by atoms with van der Waals surface area (Å²) >= 11 is 1.27. The van der Waals surface area contributed by atoms with Gasteiger partial charge in [0.05, 0.1) is 10.6 Å². The molecule has 9 heteroatoms. The maximum Gasteiger partial charge on any atom is 0.355 e. The minimum atomic E-state index is -1.05. The van der Waals surface area contributed by atoms with E-state index in [1.165, 1.54) is 16.7 Å². The van der Waals surface area contributed by atoms with Crippen LogP contribution in [0.3, 0.4) is 0 Å². The van der Waals surface area contributed by atoms with Crippen molar-refractivity contribution in [3.05, 3.63) is 50.9 Å². The molecule has 0 aliphatic carbocycles. The number of amides is 1. The highest BCUT2D eigenvalue weighted by Crippen LogP contribution is 2.20. The molecule has 0 radical (unpaired) electrons. The first kappa shape index (κ1) is 17.9. The number of hydrogen-bond donors (Lipinski definition) is 2. The molecule has 2 N–H and O–H groups in total. The number of aryl methyl sites for hydroxylation is 2. The summed E-state index contributed by atoms with van der Waals surface area (Å²) in [5, 5.41) is 17.9. The molecule has 8 nitrogen and oxygen atoms in total. The van der Waals surface area contributed by atoms with Crippen LogP contribution in [0.2, 0.25) is 0 Å². The van der Waals surface area contributed by atoms with E-state index in [9.17, 15) is 9.59 Å². The zero-order chi connectivity index (χ0) is 18.8. The number of aromatic carboxylic acids is 1. The Morgan fingerprint density at radius 1 is 1.31 bits per heavy atom. The highest BCUT2D eigenvalue weighted by Gasteiger charge is 2.18. The van der Waals surface area contributed by atoms with Crippen molar-refractivity contribution >= 4 is 23.2 Å². The highest BCUT2D eigenvalue weighted by molar-refractivity contribution is 7.09. The minimum absolute atomic E-state index is 0.0303. The number of carboxylic acids is 1. The molecule has 0 bridgehead atoms. The van der Waals surface area contributed by atoms with Crippen LogP contribution in [0.5, 0.6) is 0 Å². The van der Waals surface area contributed by atoms with Gasteiger partial charge >= 0.3 is 5.97 Å². The fourth-order valence-electron chi connectivity index (χ4n) is 2.71. The lowest BCUT2D eigenvalue weighted by molar-refractivity contribution is 0.0690. The zero-order valence-electron chi connectivity index (χ0n) is 14.6. The van der Waals surface area contributed by atoms with Crippen LogP contribution in [0.25, 0.3) is 5.82 Å². The van der Waals surface area contributed by atoms with Crippen molar-refractivity contribution in [3.8, 4) is 5.82 Å². The van der Waals surface area contributed by atoms with Crippen molar-refractivity contribution in [3.63, 3.8) is 0 Å². The molecule has 3 rings (SSSR count). The topological polar surface area (TPSA) is 110 Å². The van der Waals surface area contributed by atoms with Crippen LogP contribution in [0.1, 0.15) is 43.0 Å². The molecular formula is C17H18N4O4S. The molecule has 0 aromatic carbocycles. The van der Waals surface area contributed by atoms with Crippen LogP contribution in [0, 0.1) is 20.8 Å². The Hall–Kier alpha value is -2.94. The standard InChI is InChI=1S/C17H18N4O4S/c1-9-6-12(11(3)21(9)14-7-10(2)25-20-14)16(22)18-5-4-15-19-13(8-26-15)17(23)24/h6-8H,4-5H2,1-3H3,(H,18,22)(H,23,24). The van der Waals surface area contributed by atoms with Gasteiger partial charge in [0, 0.05) is 35.8 Å². The summed E-state index contributed by atoms with van der Waals surface area (Å²) in [4.78, 5) is 27.3. The van der Waals surface area contributed by atoms with Gasteiger partial charge in [-0.3, -0.25) is 9.36 Å². The fraction of sp³-hybridized carbons (Fsp3) is 0.294. The molecule has 0 saturated carbocycles. The molecule has 0 spiro atoms. The maximum absolute atomic E-state index is 12.5. The van der Waals surface area contributed by atoms with E-state index in [1.54, 1.807) is 6.07 Å². The number of nitrogens with one attached hydrogen (secondary N) is 1. The summed E-state index contributed by atoms with van der Waals surface area (Å²) in [5.74, 6) is 0.0925. The third-order valence-electron chi connectivity index (χ3n) is 3.92. The van der Waals surface area contributed by atoms with Gasteiger partial charge in [-0.05, 0) is 26.8 Å². The number of nitrogens with zero attached hydrogens (tertiary/aromatic N) is 3. The lowest BCUT2D eigenvalue weighted by atomic mass is 10.2. The van der Waals surface area contributed by atoms with Gasteiger partial charge in [0.2, 0.25) is 0 Å². The molecule has 26 heavy (non-hydrogen) atoms. The van der Waals surface area contributed by atoms with Gasteiger partial charge in [0.15, 0.2) is 11.5 Å². The number of carbonyl (C=O) groups is 2. The van der Waals surface area contributed by atoms with Crippen molar-refractivity contribution < 1.29 is 19.2 Å². The first-order valence-electron chi connectivity index (χ1n) is 7.95. The van der Waals surface area contributed by atoms with Gasteiger partial charge in [-0.15, -0.1) is 11.3 Å². The molecule has 0 saturated heterocycles. The Morgan fingerprint density at radius 2 is 2.08 bits per heavy atom. The third-order valence-corrected chi connectivity index (χ3v) is 4.82. The van der Waals surface area contributed by atoms with Crippen molar-refractivity contribution in [1.82, 2.24) is 20.0 Å². The highest BCUT2D eigenvalue weighted by atomic mass is 32.1. The number of carboxylic acid groups (broad SMARTS) is 1. The van der Waals surface area contributed by atoms with E-state index >= 15 is 0 Å². The van der Waals surface area contributed by atoms with Gasteiger partial charge in [-0.2, -0.15) is 0 Å². The number of hydrogen-bond acceptors (Lipinski definition) is 6. The zero-order valence-corrected chi connectivity index (χ0v) is 15.4. The average Bonchev–Trinajstić information content (AvgIpc) is 3.27. The Labute approximate surface area is 153 Å². The van der Waals surface area contributed by atoms with Crippen molar-refractivity contribution in [1.29, 1.82) is 0 Å². The molecule has 0 aliphatic rings. The lowest BCUT2D eigenvalue weighted by Gasteiger charge is -2.06. The first-order chi connectivity index (χ1) is 12.4. The molecule has 0 unspecified atom stereocenters. The van der Waals surface area contributed by atoms with Crippen LogP contribution >= 0.6 is 11.3 Å². The van der Waals surface area contributed by atoms with E-state index in [1.807, 2.05) is 31.4 Å². The molecule has 1 amide bonds. The van der Waals surface area contributed by atoms with E-state index in [4.69, 9.17) is 9.63 Å². The van der Waals surface area contributed by atoms with Crippen molar-refractivity contribution in [2.75, 3.05) is 6.54 Å². The minimum Gasteiger partial charge on any atom is -0.476 e. The van der Waals surface area contributed by atoms with Gasteiger partial charge in [0.25, 0.3) is 5.91 Å². The van der Waals surface area contributed by atoms with E-state index in [0.717, 1.165) is 11.4 Å². The maximum atomic E-state index is 12.5. The van der Waals surface area contributed by atoms with E-state index in [0.29, 0.717) is 35.1 Å². The first-order valence-corrected chi connectivity index (χ1v) is 8.83. The number of rotatable bonds is 6. The van der Waals surface area contributed by atoms with Crippen LogP contribution in [-0.2, 0) is 6.42 Å². The largest absolute Gasteiger partial charge is 0.476 e. The quantitative estimate of drug-likeness (QED) is 0.686. The van der Waals surface area contributed by atoms with E-state index in [-0.39, 0.29) is 11.6 Å². The Balaban J connectivity index is 1.67. The molecule has 3 aromatic heterocycles. The number of carbonyl (C=O) groups excluding carboxylic acids is 1. The smallest absolute Gasteiger partial charge is 0.355 e. The Morgan fingerprint density at radius 3 is 2.69 bits per heavy atom. The second kappa shape index (κ2) is 7.12. The van der Waals surface area contributed by atoms with Gasteiger partial charge < -0.3 is 14.9 Å². The molecule has 0 fully saturated rings. The molecular weight excluding hydrogens is 356 g/mol. The molecule has 136 valence electrons. The van der Waals surface area contributed by atoms with E-state index in [2.05, 4.69) is 15.5 Å². The summed E-state index contributed by atoms with van der Waals surface area (Å²) in [6.45, 7) is 5.94. The second-order valence-electron chi connectivity index (χ2n) is 5.85. The van der Waals surface area contributed by atoms with Crippen LogP contribution in [-0.4, -0.2) is 38.2 Å². The lowest BCUT2D eigenvalue weighted by Crippen LogP contribution is -2.26. The van der Waals surface area contributed by atoms with Gasteiger partial charge in [-0.25, -0.2) is 9.78 Å². The predicted molar refractivity (Wildman–Crippen MR) is 95.2 cm³/mol. The van der Waals surface area contributed by atoms with Crippen molar-refractivity contribution in [2.24, 2.45) is 0 Å². The van der Waals surface area contributed by atoms with Gasteiger partial charge in [0.1, 0.15) is 5.76 Å². The third kappa shape index (κ3) is 3.52. The predicted octanol–water partition coefficient (Wildman–Crippen LogP) is 2.52. The Bertz CT molecular complexity index is 969. The summed E-state index contributed by atoms with van der Waals surface area (Å²) in [6.07, 6.45) is 0.477. The average molecular weight is 374 g/mol. The monoisotopic (exact) mass is 374 g/mol. The second-order valence-corrected chi connectivity index (χ2v) is 6.80. The van der Waals surface area contributed by atoms with Crippen LogP contribution < -0.4 is 5.32 Å². The summed E-state index contributed by atoms with van der Waals surface area (Å²) in [7, 11) is 0. The molecule has 0 aliphatic heterocycles. The van der Waals surface area contributed by atoms with Crippen molar-refractivity contribution in [2.45, 2.75) is 27.2 Å². The molecule has 3 heterocycles. The Kier molecular flexibility index (Phi) is 4.90. The summed E-state index contributed by atoms with van der Waals surface area (Å²) < 4.78 is 6.98. The number of thiazole rings is 1. The van der Waals surface area contributed by atoms with Crippen LogP contribution in [0.4, 0.5) is 0 Å². The summed E-state index contributed by atoms with van der Waals surface area (Å²) in [5.41, 5.74) is 2.25. The SMILES string of the molecule is Cc1cc(-n2c(C)cc(C(=O)NCCc3nc(C(=O)O)cs3)c2C)no1. The molecule has 0 atom stereocenters. The fourth-order valence-corrected chi connectivity index (χ4v) is 3.48. The van der Waals surface area contributed by atoms with Gasteiger partial charge in [-0.1, -0.05) is 5.16 Å². The van der Waals surface area contributed by atoms with E-state index < -0.39 is 5.97 Å². The number of aromatic nitrogens is 3. The summed E-state index contributed by atoms with van der Waals surface area (Å²) in [6, 6.07) is 3.62. The normalized spacial score (nSPS) is 10.9. The molecule has 3 aromatic rings.